The molecule has 0 atom stereocenters. The van der Waals surface area contributed by atoms with Crippen molar-refractivity contribution in [2.75, 3.05) is 5.73 Å². The van der Waals surface area contributed by atoms with Gasteiger partial charge in [0.2, 0.25) is 0 Å². The van der Waals surface area contributed by atoms with Gasteiger partial charge in [-0.1, -0.05) is 16.5 Å². The zero-order valence-corrected chi connectivity index (χ0v) is 20.0. The summed E-state index contributed by atoms with van der Waals surface area (Å²) in [5.41, 5.74) is 7.05. The summed E-state index contributed by atoms with van der Waals surface area (Å²) in [5.74, 6) is 2.99. The van der Waals surface area contributed by atoms with Gasteiger partial charge in [0.25, 0.3) is 0 Å². The molecule has 1 aliphatic rings. The van der Waals surface area contributed by atoms with Crippen LogP contribution >= 0.6 is 0 Å². The number of amidine groups is 1. The van der Waals surface area contributed by atoms with Crippen molar-refractivity contribution in [3.63, 3.8) is 0 Å². The second-order valence-electron chi connectivity index (χ2n) is 9.92. The van der Waals surface area contributed by atoms with Crippen molar-refractivity contribution in [3.8, 4) is 11.3 Å². The minimum atomic E-state index is -1.13. The molecule has 0 amide bonds. The van der Waals surface area contributed by atoms with Crippen molar-refractivity contribution in [2.45, 2.75) is 57.7 Å². The van der Waals surface area contributed by atoms with E-state index in [1.54, 1.807) is 12.3 Å². The molecule has 2 aromatic heterocycles. The fourth-order valence-electron chi connectivity index (χ4n) is 4.72. The number of piperidine rings is 1. The minimum absolute atomic E-state index is 0.0563. The van der Waals surface area contributed by atoms with Crippen LogP contribution in [0, 0.1) is 11.6 Å². The molecule has 12 heteroatoms. The smallest absolute Gasteiger partial charge is 0.187 e. The Morgan fingerprint density at radius 1 is 1.17 bits per heavy atom. The normalized spacial score (nSPS) is 18.3. The van der Waals surface area contributed by atoms with Crippen LogP contribution in [0.15, 0.2) is 52.0 Å². The Kier molecular flexibility index (Phi) is 6.32. The van der Waals surface area contributed by atoms with Gasteiger partial charge in [-0.15, -0.1) is 10.2 Å². The minimum Gasteiger partial charge on any atom is -0.383 e. The summed E-state index contributed by atoms with van der Waals surface area (Å²) < 4.78 is 29.7. The van der Waals surface area contributed by atoms with Gasteiger partial charge in [0.1, 0.15) is 17.2 Å². The average Bonchev–Trinajstić information content (AvgIpc) is 3.25. The third-order valence-corrected chi connectivity index (χ3v) is 5.82. The molecule has 1 aliphatic heterocycles. The topological polar surface area (TPSA) is 145 Å². The van der Waals surface area contributed by atoms with Crippen molar-refractivity contribution in [3.05, 3.63) is 53.9 Å². The molecule has 4 rings (SSSR count). The number of nitrogens with one attached hydrogen (secondary N) is 1. The summed E-state index contributed by atoms with van der Waals surface area (Å²) in [5, 5.41) is 19.4. The van der Waals surface area contributed by atoms with Crippen LogP contribution in [0.25, 0.3) is 11.3 Å². The summed E-state index contributed by atoms with van der Waals surface area (Å²) in [6.45, 7) is 8.68. The van der Waals surface area contributed by atoms with Gasteiger partial charge in [-0.2, -0.15) is 0 Å². The Balaban J connectivity index is 1.70. The van der Waals surface area contributed by atoms with Gasteiger partial charge in [0, 0.05) is 22.8 Å². The van der Waals surface area contributed by atoms with E-state index >= 15 is 0 Å². The number of halogens is 2. The fourth-order valence-corrected chi connectivity index (χ4v) is 4.72. The Morgan fingerprint density at radius 2 is 1.89 bits per heavy atom. The molecule has 0 saturated carbocycles. The maximum absolute atomic E-state index is 14.2. The van der Waals surface area contributed by atoms with E-state index in [2.05, 4.69) is 63.6 Å². The van der Waals surface area contributed by atoms with Crippen LogP contribution in [0.2, 0.25) is 0 Å². The van der Waals surface area contributed by atoms with Crippen molar-refractivity contribution in [2.24, 2.45) is 21.2 Å². The highest BCUT2D eigenvalue weighted by molar-refractivity contribution is 6.04. The zero-order valence-electron chi connectivity index (χ0n) is 20.0. The van der Waals surface area contributed by atoms with E-state index in [-0.39, 0.29) is 40.0 Å². The van der Waals surface area contributed by atoms with Crippen LogP contribution in [0.4, 0.5) is 20.3 Å². The summed E-state index contributed by atoms with van der Waals surface area (Å²) >= 11 is 0. The number of pyridine rings is 1. The number of anilines is 1. The van der Waals surface area contributed by atoms with Crippen LogP contribution in [0.1, 0.15) is 52.1 Å². The maximum Gasteiger partial charge on any atom is 0.187 e. The summed E-state index contributed by atoms with van der Waals surface area (Å²) in [6.07, 6.45) is 5.17. The predicted octanol–water partition coefficient (Wildman–Crippen LogP) is 4.09. The third-order valence-electron chi connectivity index (χ3n) is 5.82. The molecule has 3 aromatic rings. The predicted molar refractivity (Wildman–Crippen MR) is 129 cm³/mol. The lowest BCUT2D eigenvalue weighted by Gasteiger charge is -2.46. The number of rotatable bonds is 4. The van der Waals surface area contributed by atoms with Gasteiger partial charge in [0.05, 0.1) is 17.8 Å². The highest BCUT2D eigenvalue weighted by atomic mass is 19.2. The number of nitrogen functional groups attached to an aromatic ring is 1. The maximum atomic E-state index is 14.2. The first kappa shape index (κ1) is 24.3. The summed E-state index contributed by atoms with van der Waals surface area (Å²) in [7, 11) is 0. The molecule has 1 fully saturated rings. The van der Waals surface area contributed by atoms with E-state index in [1.165, 1.54) is 12.1 Å². The molecule has 0 radical (unpaired) electrons. The number of benzene rings is 1. The molecule has 5 N–H and O–H groups in total. The monoisotopic (exact) mass is 482 g/mol. The van der Waals surface area contributed by atoms with Crippen molar-refractivity contribution in [1.29, 1.82) is 0 Å². The van der Waals surface area contributed by atoms with E-state index < -0.39 is 11.6 Å². The molecule has 1 saturated heterocycles. The molecule has 184 valence electrons. The number of hydrogen-bond donors (Lipinski definition) is 3. The number of nitrogens with zero attached hydrogens (tertiary/aromatic N) is 7. The van der Waals surface area contributed by atoms with Gasteiger partial charge >= 0.3 is 0 Å². The van der Waals surface area contributed by atoms with Gasteiger partial charge < -0.3 is 16.9 Å². The van der Waals surface area contributed by atoms with Crippen LogP contribution in [-0.2, 0) is 0 Å². The second-order valence-corrected chi connectivity index (χ2v) is 9.92. The SMILES string of the molecule is CC1(C)CC(n2cc(-c3cnc(N)c(C(N=NN)=Nc4cccc(F)c4F)c3)nn2)CC(C)(C)N1. The molecule has 1 aromatic carbocycles. The van der Waals surface area contributed by atoms with E-state index in [9.17, 15) is 8.78 Å². The van der Waals surface area contributed by atoms with Gasteiger partial charge in [0.15, 0.2) is 17.5 Å². The molecule has 0 aliphatic carbocycles. The van der Waals surface area contributed by atoms with Crippen molar-refractivity contribution < 1.29 is 8.78 Å². The van der Waals surface area contributed by atoms with Crippen LogP contribution < -0.4 is 16.9 Å². The largest absolute Gasteiger partial charge is 0.383 e. The quantitative estimate of drug-likeness (QED) is 0.168. The van der Waals surface area contributed by atoms with E-state index in [4.69, 9.17) is 11.6 Å². The first-order valence-electron chi connectivity index (χ1n) is 11.1. The molecular weight excluding hydrogens is 454 g/mol. The summed E-state index contributed by atoms with van der Waals surface area (Å²) in [6, 6.07) is 5.41. The molecule has 3 heterocycles. The standard InChI is InChI=1S/C23H28F2N10/c1-22(2)9-14(10-23(3,4)32-22)35-12-18(30-34-35)13-8-15(20(26)28-11-13)21(31-33-27)29-17-7-5-6-16(24)19(17)25/h5-8,11-12,14,32H,9-10H2,1-4H3,(H2,26,28)(H2,27,29,31). The van der Waals surface area contributed by atoms with E-state index in [0.717, 1.165) is 18.9 Å². The third kappa shape index (κ3) is 5.32. The number of hydrogen-bond acceptors (Lipinski definition) is 7. The van der Waals surface area contributed by atoms with Crippen molar-refractivity contribution in [1.82, 2.24) is 25.3 Å². The van der Waals surface area contributed by atoms with Gasteiger partial charge in [-0.25, -0.2) is 23.4 Å². The average molecular weight is 483 g/mol. The highest BCUT2D eigenvalue weighted by Gasteiger charge is 2.38. The summed E-state index contributed by atoms with van der Waals surface area (Å²) in [4.78, 5) is 8.29. The number of nitrogens with two attached hydrogens (primary N) is 2. The van der Waals surface area contributed by atoms with Gasteiger partial charge in [-0.05, 0) is 58.7 Å². The second kappa shape index (κ2) is 9.10. The van der Waals surface area contributed by atoms with Crippen LogP contribution in [0.5, 0.6) is 0 Å². The Labute approximate surface area is 201 Å². The Bertz CT molecular complexity index is 1280. The molecule has 0 bridgehead atoms. The molecule has 0 unspecified atom stereocenters. The molecule has 10 nitrogen and oxygen atoms in total. The molecule has 0 spiro atoms. The van der Waals surface area contributed by atoms with Crippen LogP contribution in [0.3, 0.4) is 0 Å². The number of aromatic nitrogens is 4. The Morgan fingerprint density at radius 3 is 2.57 bits per heavy atom. The fraction of sp³-hybridized carbons (Fsp3) is 0.391. The van der Waals surface area contributed by atoms with E-state index in [0.29, 0.717) is 11.3 Å². The number of aliphatic imine (C=N–C) groups is 1. The Hall–Kier alpha value is -3.80. The zero-order chi connectivity index (χ0) is 25.4. The van der Waals surface area contributed by atoms with Crippen molar-refractivity contribution >= 4 is 17.3 Å². The van der Waals surface area contributed by atoms with Crippen LogP contribution in [-0.4, -0.2) is 36.9 Å². The molecular formula is C23H28F2N10. The van der Waals surface area contributed by atoms with Gasteiger partial charge in [-0.3, -0.25) is 0 Å². The lowest BCUT2D eigenvalue weighted by atomic mass is 9.80. The first-order chi connectivity index (χ1) is 16.5. The molecule has 35 heavy (non-hydrogen) atoms. The van der Waals surface area contributed by atoms with E-state index in [1.807, 2.05) is 10.9 Å². The lowest BCUT2D eigenvalue weighted by molar-refractivity contribution is 0.125. The lowest BCUT2D eigenvalue weighted by Crippen LogP contribution is -2.58. The highest BCUT2D eigenvalue weighted by Crippen LogP contribution is 2.36. The first-order valence-corrected chi connectivity index (χ1v) is 11.1.